The average molecular weight is 569 g/mol. The highest BCUT2D eigenvalue weighted by Gasteiger charge is 2.53. The summed E-state index contributed by atoms with van der Waals surface area (Å²) in [5, 5.41) is 16.6. The minimum Gasteiger partial charge on any atom is -0.328 e. The number of nitrogens with one attached hydrogen (secondary N) is 1. The lowest BCUT2D eigenvalue weighted by atomic mass is 9.81. The fourth-order valence-corrected chi connectivity index (χ4v) is 7.41. The van der Waals surface area contributed by atoms with Crippen LogP contribution in [0, 0.1) is 5.92 Å². The number of amidine groups is 1. The Morgan fingerprint density at radius 1 is 1.11 bits per heavy atom. The molecule has 1 aromatic heterocycles. The zero-order chi connectivity index (χ0) is 26.6. The highest BCUT2D eigenvalue weighted by Crippen LogP contribution is 2.56. The second kappa shape index (κ2) is 9.70. The summed E-state index contributed by atoms with van der Waals surface area (Å²) in [7, 11) is 0. The van der Waals surface area contributed by atoms with Crippen LogP contribution in [0.1, 0.15) is 62.6 Å². The van der Waals surface area contributed by atoms with E-state index in [4.69, 9.17) is 28.2 Å². The molecule has 8 nitrogen and oxygen atoms in total. The van der Waals surface area contributed by atoms with Gasteiger partial charge in [0.25, 0.3) is 5.91 Å². The first-order valence-corrected chi connectivity index (χ1v) is 14.2. The molecule has 3 aromatic rings. The lowest BCUT2D eigenvalue weighted by Crippen LogP contribution is -2.37. The van der Waals surface area contributed by atoms with Gasteiger partial charge in [-0.2, -0.15) is 0 Å². The van der Waals surface area contributed by atoms with Crippen molar-refractivity contribution in [3.63, 3.8) is 0 Å². The topological polar surface area (TPSA) is 90.4 Å². The summed E-state index contributed by atoms with van der Waals surface area (Å²) in [5.74, 6) is 0.708. The van der Waals surface area contributed by atoms with Crippen molar-refractivity contribution in [2.24, 2.45) is 10.9 Å². The zero-order valence-corrected chi connectivity index (χ0v) is 23.6. The maximum absolute atomic E-state index is 14.1. The number of likely N-dealkylation sites (tertiary alicyclic amines) is 1. The molecule has 0 aliphatic carbocycles. The summed E-state index contributed by atoms with van der Waals surface area (Å²) in [6, 6.07) is 15.5. The van der Waals surface area contributed by atoms with Gasteiger partial charge in [0.2, 0.25) is 0 Å². The molecule has 6 rings (SSSR count). The average Bonchev–Trinajstić information content (AvgIpc) is 3.68. The maximum Gasteiger partial charge on any atom is 0.263 e. The molecule has 38 heavy (non-hydrogen) atoms. The molecular weight excluding hydrogens is 541 g/mol. The van der Waals surface area contributed by atoms with Gasteiger partial charge in [-0.1, -0.05) is 61.3 Å². The van der Waals surface area contributed by atoms with Gasteiger partial charge in [-0.15, -0.1) is 5.10 Å². The Kier molecular flexibility index (Phi) is 6.48. The summed E-state index contributed by atoms with van der Waals surface area (Å²) in [6.07, 6.45) is 1.73. The molecule has 0 unspecified atom stereocenters. The number of aromatic nitrogens is 4. The summed E-state index contributed by atoms with van der Waals surface area (Å²) >= 11 is 14.0. The molecule has 196 valence electrons. The minimum atomic E-state index is -0.600. The first-order chi connectivity index (χ1) is 18.3. The zero-order valence-electron chi connectivity index (χ0n) is 21.2. The normalized spacial score (nSPS) is 24.9. The van der Waals surface area contributed by atoms with Gasteiger partial charge in [-0.05, 0) is 83.3 Å². The lowest BCUT2D eigenvalue weighted by Gasteiger charge is -2.37. The van der Waals surface area contributed by atoms with E-state index >= 15 is 0 Å². The van der Waals surface area contributed by atoms with E-state index in [2.05, 4.69) is 58.4 Å². The second-order valence-electron chi connectivity index (χ2n) is 10.3. The monoisotopic (exact) mass is 567 g/mol. The van der Waals surface area contributed by atoms with E-state index in [9.17, 15) is 4.79 Å². The van der Waals surface area contributed by atoms with E-state index in [0.29, 0.717) is 22.4 Å². The van der Waals surface area contributed by atoms with Crippen LogP contribution in [-0.4, -0.2) is 48.0 Å². The Hall–Kier alpha value is -2.88. The number of carbonyl (C=O) groups is 1. The van der Waals surface area contributed by atoms with Crippen molar-refractivity contribution in [1.82, 2.24) is 30.4 Å². The Labute approximate surface area is 235 Å². The number of carbonyl (C=O) groups excluding carboxylic acids is 1. The van der Waals surface area contributed by atoms with Crippen LogP contribution in [0.25, 0.3) is 0 Å². The summed E-state index contributed by atoms with van der Waals surface area (Å²) in [6.45, 7) is 7.07. The number of aliphatic imine (C=N–C) groups is 1. The minimum absolute atomic E-state index is 0.00208. The van der Waals surface area contributed by atoms with Gasteiger partial charge >= 0.3 is 0 Å². The van der Waals surface area contributed by atoms with Crippen LogP contribution in [0.3, 0.4) is 0 Å². The first-order valence-electron chi connectivity index (χ1n) is 12.6. The van der Waals surface area contributed by atoms with Gasteiger partial charge in [0.05, 0.1) is 12.1 Å². The maximum atomic E-state index is 14.1. The van der Waals surface area contributed by atoms with Crippen molar-refractivity contribution < 1.29 is 4.79 Å². The molecule has 0 saturated carbocycles. The van der Waals surface area contributed by atoms with E-state index in [1.54, 1.807) is 0 Å². The third-order valence-corrected chi connectivity index (χ3v) is 9.12. The Morgan fingerprint density at radius 3 is 2.42 bits per heavy atom. The van der Waals surface area contributed by atoms with Crippen LogP contribution >= 0.6 is 35.0 Å². The van der Waals surface area contributed by atoms with Crippen molar-refractivity contribution in [1.29, 1.82) is 0 Å². The van der Waals surface area contributed by atoms with Crippen LogP contribution < -0.4 is 0 Å². The number of nitrogens with zero attached hydrogens (tertiary/aromatic N) is 6. The molecule has 0 bridgehead atoms. The van der Waals surface area contributed by atoms with Crippen molar-refractivity contribution >= 4 is 46.0 Å². The smallest absolute Gasteiger partial charge is 0.263 e. The number of tetrazole rings is 1. The highest BCUT2D eigenvalue weighted by atomic mass is 35.5. The molecule has 4 heterocycles. The Balaban J connectivity index is 1.45. The number of allylic oxidation sites excluding steroid dienone is 1. The van der Waals surface area contributed by atoms with E-state index in [-0.39, 0.29) is 23.9 Å². The molecule has 1 N–H and O–H groups in total. The number of amides is 1. The van der Waals surface area contributed by atoms with Crippen molar-refractivity contribution in [2.75, 3.05) is 6.54 Å². The number of H-pyrrole nitrogens is 1. The molecular formula is C27H27Cl2N7OS. The largest absolute Gasteiger partial charge is 0.328 e. The van der Waals surface area contributed by atoms with Gasteiger partial charge in [-0.3, -0.25) is 4.79 Å². The van der Waals surface area contributed by atoms with Gasteiger partial charge in [-0.25, -0.2) is 10.1 Å². The summed E-state index contributed by atoms with van der Waals surface area (Å²) < 4.78 is 0. The van der Waals surface area contributed by atoms with Crippen molar-refractivity contribution in [2.45, 2.75) is 51.2 Å². The molecule has 1 fully saturated rings. The van der Waals surface area contributed by atoms with Crippen molar-refractivity contribution in [3.8, 4) is 0 Å². The number of halogens is 2. The molecule has 0 radical (unpaired) electrons. The quantitative estimate of drug-likeness (QED) is 0.399. The van der Waals surface area contributed by atoms with Crippen molar-refractivity contribution in [3.05, 3.63) is 86.1 Å². The van der Waals surface area contributed by atoms with E-state index < -0.39 is 5.54 Å². The molecule has 0 spiro atoms. The third-order valence-electron chi connectivity index (χ3n) is 7.56. The Morgan fingerprint density at radius 2 is 1.79 bits per heavy atom. The van der Waals surface area contributed by atoms with Crippen LogP contribution in [0.4, 0.5) is 0 Å². The number of benzene rings is 2. The van der Waals surface area contributed by atoms with Gasteiger partial charge in [0, 0.05) is 22.3 Å². The number of fused-ring (bicyclic) bond motifs is 1. The standard InChI is InChI=1S/C27H27Cl2N7OS/c1-15(2)21-22(25(37)35-14-4-5-20(35)24-31-33-34-32-24)38-26-30-27(3,17-8-12-19(29)13-9-17)23(36(21)26)16-6-10-18(28)11-7-16/h6-13,15,20,23H,4-5,14H2,1-3H3,(H,31,32,33,34)/t20-,23+,27-/m0/s1. The molecule has 11 heteroatoms. The molecule has 1 saturated heterocycles. The first kappa shape index (κ1) is 25.4. The fraction of sp³-hybridized carbons (Fsp3) is 0.370. The SMILES string of the molecule is CC(C)C1=C(C(=O)N2CCC[C@H]2c2nnn[nH]2)SC2=N[C@@](C)(c3ccc(Cl)cc3)[C@@H](c3ccc(Cl)cc3)N21. The highest BCUT2D eigenvalue weighted by molar-refractivity contribution is 8.18. The number of rotatable bonds is 5. The number of hydrogen-bond donors (Lipinski definition) is 1. The fourth-order valence-electron chi connectivity index (χ4n) is 5.80. The predicted molar refractivity (Wildman–Crippen MR) is 150 cm³/mol. The van der Waals surface area contributed by atoms with Crippen LogP contribution in [0.5, 0.6) is 0 Å². The molecule has 3 aliphatic rings. The molecule has 3 atom stereocenters. The molecule has 1 amide bonds. The summed E-state index contributed by atoms with van der Waals surface area (Å²) in [4.78, 5) is 24.3. The van der Waals surface area contributed by atoms with Crippen LogP contribution in [0.15, 0.2) is 64.1 Å². The van der Waals surface area contributed by atoms with E-state index in [1.807, 2.05) is 41.3 Å². The number of hydrogen-bond acceptors (Lipinski definition) is 7. The van der Waals surface area contributed by atoms with Gasteiger partial charge < -0.3 is 9.80 Å². The van der Waals surface area contributed by atoms with Gasteiger partial charge in [0.15, 0.2) is 11.0 Å². The second-order valence-corrected chi connectivity index (χ2v) is 12.1. The van der Waals surface area contributed by atoms with E-state index in [0.717, 1.165) is 39.7 Å². The number of thioether (sulfide) groups is 1. The summed E-state index contributed by atoms with van der Waals surface area (Å²) in [5.41, 5.74) is 2.51. The lowest BCUT2D eigenvalue weighted by molar-refractivity contribution is -0.127. The third kappa shape index (κ3) is 4.12. The van der Waals surface area contributed by atoms with E-state index in [1.165, 1.54) is 11.8 Å². The molecule has 2 aromatic carbocycles. The molecule has 3 aliphatic heterocycles. The predicted octanol–water partition coefficient (Wildman–Crippen LogP) is 6.11. The number of aromatic amines is 1. The Bertz CT molecular complexity index is 1420. The van der Waals surface area contributed by atoms with Gasteiger partial charge in [0.1, 0.15) is 10.4 Å². The van der Waals surface area contributed by atoms with Crippen LogP contribution in [0.2, 0.25) is 10.0 Å². The van der Waals surface area contributed by atoms with Crippen LogP contribution in [-0.2, 0) is 10.3 Å².